The second-order valence-corrected chi connectivity index (χ2v) is 4.03. The lowest BCUT2D eigenvalue weighted by molar-refractivity contribution is -0.152. The van der Waals surface area contributed by atoms with Crippen LogP contribution in [-0.4, -0.2) is 23.2 Å². The van der Waals surface area contributed by atoms with Gasteiger partial charge in [-0.1, -0.05) is 25.8 Å². The van der Waals surface area contributed by atoms with Gasteiger partial charge in [-0.15, -0.1) is 0 Å². The zero-order chi connectivity index (χ0) is 13.6. The third-order valence-corrected chi connectivity index (χ3v) is 2.87. The fourth-order valence-corrected chi connectivity index (χ4v) is 1.79. The van der Waals surface area contributed by atoms with Gasteiger partial charge in [0.25, 0.3) is 0 Å². The molecular weight excluding hydrogens is 234 g/mol. The molecule has 1 atom stereocenters. The smallest absolute Gasteiger partial charge is 0.325 e. The van der Waals surface area contributed by atoms with Crippen molar-refractivity contribution < 1.29 is 14.7 Å². The highest BCUT2D eigenvalue weighted by molar-refractivity contribution is 6.04. The van der Waals surface area contributed by atoms with Gasteiger partial charge in [-0.05, 0) is 18.6 Å². The summed E-state index contributed by atoms with van der Waals surface area (Å²) in [6.45, 7) is 1.92. The van der Waals surface area contributed by atoms with Crippen LogP contribution in [0.1, 0.15) is 26.2 Å². The Hall–Kier alpha value is -2.11. The molecule has 1 aliphatic heterocycles. The van der Waals surface area contributed by atoms with E-state index in [4.69, 9.17) is 5.73 Å². The van der Waals surface area contributed by atoms with E-state index >= 15 is 0 Å². The van der Waals surface area contributed by atoms with Crippen molar-refractivity contribution in [3.8, 4) is 0 Å². The van der Waals surface area contributed by atoms with Crippen molar-refractivity contribution >= 4 is 18.1 Å². The Balaban J connectivity index is 3.20. The van der Waals surface area contributed by atoms with Crippen LogP contribution in [0.25, 0.3) is 0 Å². The number of nitrogens with zero attached hydrogens (tertiary/aromatic N) is 1. The van der Waals surface area contributed by atoms with E-state index in [2.05, 4.69) is 10.5 Å². The minimum absolute atomic E-state index is 0.149. The van der Waals surface area contributed by atoms with E-state index in [0.29, 0.717) is 6.42 Å². The summed E-state index contributed by atoms with van der Waals surface area (Å²) in [5.74, 6) is -2.14. The number of rotatable bonds is 6. The standard InChI is InChI=1S/C12H17N3O3/c1-2-3-7-12(10(13)16,11(17)18)9-6-4-5-8-14-15-9/h4-6,8,15H,2-3,7H2,1H3,(H2,13,16)(H,17,18). The molecule has 1 heterocycles. The molecule has 0 aliphatic carbocycles. The molecular formula is C12H17N3O3. The lowest BCUT2D eigenvalue weighted by Crippen LogP contribution is -2.48. The summed E-state index contributed by atoms with van der Waals surface area (Å²) in [4.78, 5) is 23.2. The van der Waals surface area contributed by atoms with Crippen LogP contribution in [0.15, 0.2) is 29.0 Å². The van der Waals surface area contributed by atoms with Crippen LogP contribution in [0.4, 0.5) is 0 Å². The Morgan fingerprint density at radius 2 is 2.22 bits per heavy atom. The van der Waals surface area contributed by atoms with Crippen LogP contribution in [-0.2, 0) is 9.59 Å². The average molecular weight is 251 g/mol. The Bertz CT molecular complexity index is 410. The number of aliphatic carboxylic acids is 1. The minimum Gasteiger partial charge on any atom is -0.480 e. The normalized spacial score (nSPS) is 17.3. The number of carboxylic acid groups (broad SMARTS) is 1. The quantitative estimate of drug-likeness (QED) is 0.606. The Kier molecular flexibility index (Phi) is 4.65. The molecule has 0 aromatic rings. The predicted octanol–water partition coefficient (Wildman–Crippen LogP) is 0.762. The van der Waals surface area contributed by atoms with Gasteiger partial charge < -0.3 is 10.8 Å². The Morgan fingerprint density at radius 1 is 1.50 bits per heavy atom. The van der Waals surface area contributed by atoms with Crippen LogP contribution in [0.2, 0.25) is 0 Å². The molecule has 0 saturated heterocycles. The average Bonchev–Trinajstić information content (AvgIpc) is 2.58. The lowest BCUT2D eigenvalue weighted by Gasteiger charge is -2.28. The molecule has 0 aromatic carbocycles. The predicted molar refractivity (Wildman–Crippen MR) is 67.6 cm³/mol. The first-order chi connectivity index (χ1) is 8.55. The highest BCUT2D eigenvalue weighted by Crippen LogP contribution is 2.32. The maximum Gasteiger partial charge on any atom is 0.325 e. The van der Waals surface area contributed by atoms with Gasteiger partial charge in [0.2, 0.25) is 5.91 Å². The van der Waals surface area contributed by atoms with Gasteiger partial charge in [-0.25, -0.2) is 0 Å². The minimum atomic E-state index is -1.75. The molecule has 0 spiro atoms. The first kappa shape index (κ1) is 14.0. The summed E-state index contributed by atoms with van der Waals surface area (Å²) >= 11 is 0. The molecule has 1 aliphatic rings. The van der Waals surface area contributed by atoms with Gasteiger partial charge in [0.1, 0.15) is 0 Å². The third kappa shape index (κ3) is 2.58. The molecule has 1 unspecified atom stereocenters. The zero-order valence-corrected chi connectivity index (χ0v) is 10.2. The van der Waals surface area contributed by atoms with Gasteiger partial charge >= 0.3 is 5.97 Å². The fourth-order valence-electron chi connectivity index (χ4n) is 1.79. The molecule has 6 nitrogen and oxygen atoms in total. The van der Waals surface area contributed by atoms with E-state index in [1.165, 1.54) is 12.3 Å². The molecule has 0 saturated carbocycles. The van der Waals surface area contributed by atoms with Crippen molar-refractivity contribution in [2.24, 2.45) is 16.3 Å². The number of nitrogens with two attached hydrogens (primary N) is 1. The molecule has 1 amide bonds. The third-order valence-electron chi connectivity index (χ3n) is 2.87. The maximum atomic E-state index is 11.7. The number of nitrogens with one attached hydrogen (secondary N) is 1. The molecule has 0 radical (unpaired) electrons. The summed E-state index contributed by atoms with van der Waals surface area (Å²) in [6, 6.07) is 0. The second kappa shape index (κ2) is 6.00. The number of amides is 1. The summed E-state index contributed by atoms with van der Waals surface area (Å²) in [5.41, 5.74) is 6.35. The Morgan fingerprint density at radius 3 is 2.78 bits per heavy atom. The number of carbonyl (C=O) groups excluding carboxylic acids is 1. The summed E-state index contributed by atoms with van der Waals surface area (Å²) in [7, 11) is 0. The molecule has 0 aromatic heterocycles. The first-order valence-electron chi connectivity index (χ1n) is 5.75. The molecule has 98 valence electrons. The van der Waals surface area contributed by atoms with Crippen molar-refractivity contribution in [3.63, 3.8) is 0 Å². The number of carbonyl (C=O) groups is 2. The monoisotopic (exact) mass is 251 g/mol. The SMILES string of the molecule is CCCCC(C(N)=O)(C(=O)O)C1=CC=CC=NN1. The van der Waals surface area contributed by atoms with E-state index in [1.54, 1.807) is 12.2 Å². The molecule has 1 rings (SSSR count). The van der Waals surface area contributed by atoms with Crippen molar-refractivity contribution in [2.45, 2.75) is 26.2 Å². The number of allylic oxidation sites excluding steroid dienone is 3. The summed E-state index contributed by atoms with van der Waals surface area (Å²) in [5, 5.41) is 13.2. The topological polar surface area (TPSA) is 105 Å². The zero-order valence-electron chi connectivity index (χ0n) is 10.2. The summed E-state index contributed by atoms with van der Waals surface area (Å²) < 4.78 is 0. The highest BCUT2D eigenvalue weighted by Gasteiger charge is 2.48. The number of hydrogen-bond acceptors (Lipinski definition) is 4. The van der Waals surface area contributed by atoms with Gasteiger partial charge in [0, 0.05) is 6.21 Å². The van der Waals surface area contributed by atoms with Gasteiger partial charge in [-0.2, -0.15) is 5.10 Å². The van der Waals surface area contributed by atoms with Crippen LogP contribution in [0.5, 0.6) is 0 Å². The van der Waals surface area contributed by atoms with Gasteiger partial charge in [0.05, 0.1) is 5.70 Å². The number of carboxylic acids is 1. The van der Waals surface area contributed by atoms with Crippen molar-refractivity contribution in [2.75, 3.05) is 0 Å². The maximum absolute atomic E-state index is 11.7. The van der Waals surface area contributed by atoms with Crippen molar-refractivity contribution in [1.82, 2.24) is 5.43 Å². The first-order valence-corrected chi connectivity index (χ1v) is 5.75. The van der Waals surface area contributed by atoms with E-state index in [1.807, 2.05) is 6.92 Å². The molecule has 4 N–H and O–H groups in total. The number of primary amides is 1. The van der Waals surface area contributed by atoms with E-state index in [-0.39, 0.29) is 12.1 Å². The van der Waals surface area contributed by atoms with Crippen molar-refractivity contribution in [3.05, 3.63) is 23.9 Å². The number of hydrazone groups is 1. The van der Waals surface area contributed by atoms with Crippen molar-refractivity contribution in [1.29, 1.82) is 0 Å². The van der Waals surface area contributed by atoms with Crippen LogP contribution in [0, 0.1) is 5.41 Å². The van der Waals surface area contributed by atoms with Gasteiger partial charge in [0.15, 0.2) is 5.41 Å². The molecule has 18 heavy (non-hydrogen) atoms. The molecule has 0 fully saturated rings. The van der Waals surface area contributed by atoms with E-state index in [0.717, 1.165) is 6.42 Å². The van der Waals surface area contributed by atoms with Crippen LogP contribution >= 0.6 is 0 Å². The van der Waals surface area contributed by atoms with Crippen LogP contribution < -0.4 is 11.2 Å². The number of hydrogen-bond donors (Lipinski definition) is 3. The van der Waals surface area contributed by atoms with E-state index < -0.39 is 17.3 Å². The summed E-state index contributed by atoms with van der Waals surface area (Å²) in [6.07, 6.45) is 7.74. The van der Waals surface area contributed by atoms with Gasteiger partial charge in [-0.3, -0.25) is 15.0 Å². The van der Waals surface area contributed by atoms with Crippen LogP contribution in [0.3, 0.4) is 0 Å². The molecule has 6 heteroatoms. The second-order valence-electron chi connectivity index (χ2n) is 4.03. The Labute approximate surface area is 105 Å². The number of unbranched alkanes of at least 4 members (excludes halogenated alkanes) is 1. The molecule has 0 bridgehead atoms. The van der Waals surface area contributed by atoms with E-state index in [9.17, 15) is 14.7 Å². The largest absolute Gasteiger partial charge is 0.480 e. The fraction of sp³-hybridized carbons (Fsp3) is 0.417. The highest BCUT2D eigenvalue weighted by atomic mass is 16.4. The lowest BCUT2D eigenvalue weighted by atomic mass is 9.78.